The number of nitrogens with one attached hydrogen (secondary N) is 1. The number of hydrogen-bond acceptors (Lipinski definition) is 5. The van der Waals surface area contributed by atoms with E-state index in [9.17, 15) is 14.7 Å². The van der Waals surface area contributed by atoms with Gasteiger partial charge < -0.3 is 15.5 Å². The van der Waals surface area contributed by atoms with Crippen molar-refractivity contribution in [3.05, 3.63) is 22.3 Å². The van der Waals surface area contributed by atoms with Crippen molar-refractivity contribution in [3.63, 3.8) is 0 Å². The predicted molar refractivity (Wildman–Crippen MR) is 66.3 cm³/mol. The fourth-order valence-corrected chi connectivity index (χ4v) is 2.51. The maximum atomic E-state index is 11.6. The molecule has 2 aromatic rings. The van der Waals surface area contributed by atoms with Gasteiger partial charge >= 0.3 is 5.97 Å². The number of fused-ring (bicyclic) bond motifs is 1. The number of hydrogen-bond donors (Lipinski definition) is 3. The molecular formula is C10H7ClN2O4S. The van der Waals surface area contributed by atoms with E-state index in [1.165, 1.54) is 11.3 Å². The van der Waals surface area contributed by atoms with E-state index in [2.05, 4.69) is 10.3 Å². The maximum Gasteiger partial charge on any atom is 0.322 e. The molecule has 0 atom stereocenters. The van der Waals surface area contributed by atoms with Gasteiger partial charge in [-0.05, 0) is 11.4 Å². The highest BCUT2D eigenvalue weighted by molar-refractivity contribution is 7.17. The Bertz CT molecular complexity index is 640. The zero-order valence-electron chi connectivity index (χ0n) is 8.81. The summed E-state index contributed by atoms with van der Waals surface area (Å²) in [4.78, 5) is 25.7. The van der Waals surface area contributed by atoms with Gasteiger partial charge in [0.1, 0.15) is 11.7 Å². The first-order valence-electron chi connectivity index (χ1n) is 4.76. The molecule has 0 saturated carbocycles. The minimum Gasteiger partial charge on any atom is -0.504 e. The number of carboxylic acids is 1. The number of nitrogens with zero attached hydrogens (tertiary/aromatic N) is 1. The predicted octanol–water partition coefficient (Wildman–Crippen LogP) is 1.47. The summed E-state index contributed by atoms with van der Waals surface area (Å²) in [5.41, 5.74) is -0.281. The third kappa shape index (κ3) is 2.22. The third-order valence-corrected chi connectivity index (χ3v) is 3.36. The topological polar surface area (TPSA) is 99.5 Å². The van der Waals surface area contributed by atoms with Crippen LogP contribution in [0.1, 0.15) is 10.5 Å². The Kier molecular flexibility index (Phi) is 3.35. The first-order valence-corrected chi connectivity index (χ1v) is 6.02. The van der Waals surface area contributed by atoms with Gasteiger partial charge in [-0.3, -0.25) is 9.59 Å². The van der Waals surface area contributed by atoms with Crippen LogP contribution in [-0.2, 0) is 4.79 Å². The van der Waals surface area contributed by atoms with E-state index in [0.29, 0.717) is 10.1 Å². The summed E-state index contributed by atoms with van der Waals surface area (Å²) in [5.74, 6) is -2.27. The lowest BCUT2D eigenvalue weighted by molar-refractivity contribution is -0.135. The second-order valence-corrected chi connectivity index (χ2v) is 4.61. The molecule has 0 aromatic carbocycles. The van der Waals surface area contributed by atoms with Gasteiger partial charge in [0.05, 0.1) is 4.70 Å². The normalized spacial score (nSPS) is 10.5. The lowest BCUT2D eigenvalue weighted by Gasteiger charge is -2.05. The van der Waals surface area contributed by atoms with Crippen LogP contribution in [0.5, 0.6) is 5.75 Å². The Morgan fingerprint density at radius 1 is 1.50 bits per heavy atom. The molecule has 18 heavy (non-hydrogen) atoms. The molecule has 1 amide bonds. The van der Waals surface area contributed by atoms with Crippen molar-refractivity contribution in [2.45, 2.75) is 0 Å². The maximum absolute atomic E-state index is 11.6. The van der Waals surface area contributed by atoms with Gasteiger partial charge in [-0.15, -0.1) is 11.3 Å². The minimum absolute atomic E-state index is 0.0875. The highest BCUT2D eigenvalue weighted by Gasteiger charge is 2.19. The molecule has 8 heteroatoms. The van der Waals surface area contributed by atoms with E-state index in [1.54, 1.807) is 11.4 Å². The smallest absolute Gasteiger partial charge is 0.322 e. The van der Waals surface area contributed by atoms with E-state index >= 15 is 0 Å². The fraction of sp³-hybridized carbons (Fsp3) is 0.100. The largest absolute Gasteiger partial charge is 0.504 e. The Morgan fingerprint density at radius 2 is 2.22 bits per heavy atom. The van der Waals surface area contributed by atoms with Gasteiger partial charge in [0.2, 0.25) is 0 Å². The zero-order valence-corrected chi connectivity index (χ0v) is 10.4. The number of rotatable bonds is 3. The Hall–Kier alpha value is -1.86. The number of carbonyl (C=O) groups excluding carboxylic acids is 1. The highest BCUT2D eigenvalue weighted by atomic mass is 35.5. The van der Waals surface area contributed by atoms with Crippen LogP contribution in [-0.4, -0.2) is 33.6 Å². The molecule has 3 N–H and O–H groups in total. The van der Waals surface area contributed by atoms with Gasteiger partial charge in [-0.25, -0.2) is 4.98 Å². The van der Waals surface area contributed by atoms with Gasteiger partial charge in [0, 0.05) is 5.39 Å². The molecule has 2 heterocycles. The van der Waals surface area contributed by atoms with E-state index in [0.717, 1.165) is 0 Å². The number of pyridine rings is 1. The van der Waals surface area contributed by atoms with Gasteiger partial charge in [-0.1, -0.05) is 11.6 Å². The lowest BCUT2D eigenvalue weighted by Crippen LogP contribution is -2.29. The summed E-state index contributed by atoms with van der Waals surface area (Å²) in [7, 11) is 0. The minimum atomic E-state index is -1.19. The van der Waals surface area contributed by atoms with Crippen LogP contribution >= 0.6 is 22.9 Å². The average Bonchev–Trinajstić information content (AvgIpc) is 2.80. The van der Waals surface area contributed by atoms with Gasteiger partial charge in [0.25, 0.3) is 5.91 Å². The number of carbonyl (C=O) groups is 2. The van der Waals surface area contributed by atoms with Crippen LogP contribution < -0.4 is 5.32 Å². The molecule has 0 bridgehead atoms. The SMILES string of the molecule is O=C(O)CNC(=O)c1nc(Cl)c2ccsc2c1O. The summed E-state index contributed by atoms with van der Waals surface area (Å²) in [6.45, 7) is -0.556. The van der Waals surface area contributed by atoms with E-state index in [4.69, 9.17) is 16.7 Å². The summed E-state index contributed by atoms with van der Waals surface area (Å²) >= 11 is 7.08. The molecule has 94 valence electrons. The number of halogens is 1. The van der Waals surface area contributed by atoms with Crippen molar-refractivity contribution in [1.29, 1.82) is 0 Å². The van der Waals surface area contributed by atoms with Crippen LogP contribution in [0.2, 0.25) is 5.15 Å². The Morgan fingerprint density at radius 3 is 2.89 bits per heavy atom. The van der Waals surface area contributed by atoms with Crippen molar-refractivity contribution in [1.82, 2.24) is 10.3 Å². The number of thiophene rings is 1. The Balaban J connectivity index is 2.41. The van der Waals surface area contributed by atoms with E-state index in [1.807, 2.05) is 0 Å². The molecule has 0 unspecified atom stereocenters. The number of amides is 1. The summed E-state index contributed by atoms with van der Waals surface area (Å²) in [5, 5.41) is 22.8. The third-order valence-electron chi connectivity index (χ3n) is 2.15. The molecular weight excluding hydrogens is 280 g/mol. The monoisotopic (exact) mass is 286 g/mol. The molecule has 0 fully saturated rings. The molecule has 0 spiro atoms. The molecule has 0 aliphatic rings. The first kappa shape index (κ1) is 12.6. The van der Waals surface area contributed by atoms with Crippen molar-refractivity contribution in [3.8, 4) is 5.75 Å². The molecule has 6 nitrogen and oxygen atoms in total. The highest BCUT2D eigenvalue weighted by Crippen LogP contribution is 2.35. The quantitative estimate of drug-likeness (QED) is 0.742. The van der Waals surface area contributed by atoms with Crippen LogP contribution in [0.15, 0.2) is 11.4 Å². The molecule has 2 rings (SSSR count). The van der Waals surface area contributed by atoms with Crippen LogP contribution in [0, 0.1) is 0 Å². The standard InChI is InChI=1S/C10H7ClN2O4S/c11-9-4-1-2-18-8(4)7(16)6(13-9)10(17)12-3-5(14)15/h1-2,16H,3H2,(H,12,17)(H,14,15). The number of aliphatic carboxylic acids is 1. The average molecular weight is 287 g/mol. The second-order valence-electron chi connectivity index (χ2n) is 3.34. The lowest BCUT2D eigenvalue weighted by atomic mass is 10.2. The van der Waals surface area contributed by atoms with Crippen molar-refractivity contribution in [2.75, 3.05) is 6.54 Å². The van der Waals surface area contributed by atoms with Crippen molar-refractivity contribution < 1.29 is 19.8 Å². The van der Waals surface area contributed by atoms with Crippen LogP contribution in [0.3, 0.4) is 0 Å². The van der Waals surface area contributed by atoms with E-state index < -0.39 is 18.4 Å². The second kappa shape index (κ2) is 4.79. The molecule has 0 aliphatic heterocycles. The summed E-state index contributed by atoms with van der Waals surface area (Å²) < 4.78 is 0.440. The fourth-order valence-electron chi connectivity index (χ4n) is 1.37. The molecule has 0 aliphatic carbocycles. The van der Waals surface area contributed by atoms with Gasteiger partial charge in [-0.2, -0.15) is 0 Å². The first-order chi connectivity index (χ1) is 8.50. The van der Waals surface area contributed by atoms with Crippen LogP contribution in [0.25, 0.3) is 10.1 Å². The van der Waals surface area contributed by atoms with Crippen LogP contribution in [0.4, 0.5) is 0 Å². The number of aromatic hydroxyl groups is 1. The van der Waals surface area contributed by atoms with Crippen molar-refractivity contribution in [2.24, 2.45) is 0 Å². The van der Waals surface area contributed by atoms with Gasteiger partial charge in [0.15, 0.2) is 11.4 Å². The summed E-state index contributed by atoms with van der Waals surface area (Å²) in [6, 6.07) is 1.67. The number of carboxylic acid groups (broad SMARTS) is 1. The number of aromatic nitrogens is 1. The zero-order chi connectivity index (χ0) is 13.3. The van der Waals surface area contributed by atoms with Crippen molar-refractivity contribution >= 4 is 44.9 Å². The molecule has 0 saturated heterocycles. The summed E-state index contributed by atoms with van der Waals surface area (Å²) in [6.07, 6.45) is 0. The van der Waals surface area contributed by atoms with E-state index in [-0.39, 0.29) is 16.6 Å². The molecule has 0 radical (unpaired) electrons. The Labute approximate surface area is 110 Å². The molecule has 2 aromatic heterocycles.